The zero-order chi connectivity index (χ0) is 9.68. The Morgan fingerprint density at radius 1 is 1.31 bits per heavy atom. The van der Waals surface area contributed by atoms with Gasteiger partial charge in [-0.05, 0) is 19.4 Å². The molecule has 0 unspecified atom stereocenters. The van der Waals surface area contributed by atoms with Crippen molar-refractivity contribution in [1.29, 1.82) is 0 Å². The second-order valence-corrected chi connectivity index (χ2v) is 3.11. The number of nitrogens with two attached hydrogens (primary N) is 1. The minimum Gasteiger partial charge on any atom is -0.330 e. The number of aromatic nitrogens is 2. The second kappa shape index (κ2) is 4.87. The molecule has 13 heavy (non-hydrogen) atoms. The van der Waals surface area contributed by atoms with Crippen LogP contribution < -0.4 is 11.4 Å². The van der Waals surface area contributed by atoms with E-state index in [1.807, 2.05) is 12.4 Å². The van der Waals surface area contributed by atoms with Crippen molar-refractivity contribution >= 4 is 0 Å². The van der Waals surface area contributed by atoms with Crippen molar-refractivity contribution in [3.05, 3.63) is 22.9 Å². The van der Waals surface area contributed by atoms with Crippen molar-refractivity contribution in [3.8, 4) is 0 Å². The zero-order valence-electron chi connectivity index (χ0n) is 8.07. The fraction of sp³-hybridized carbons (Fsp3) is 0.667. The van der Waals surface area contributed by atoms with Crippen molar-refractivity contribution < 1.29 is 0 Å². The van der Waals surface area contributed by atoms with Crippen molar-refractivity contribution in [2.24, 2.45) is 5.73 Å². The highest BCUT2D eigenvalue weighted by Gasteiger charge is 2.00. The van der Waals surface area contributed by atoms with Gasteiger partial charge in [0.25, 0.3) is 0 Å². The van der Waals surface area contributed by atoms with Gasteiger partial charge in [-0.1, -0.05) is 6.92 Å². The highest BCUT2D eigenvalue weighted by molar-refractivity contribution is 4.81. The van der Waals surface area contributed by atoms with E-state index in [9.17, 15) is 4.79 Å². The van der Waals surface area contributed by atoms with Crippen LogP contribution in [0, 0.1) is 0 Å². The molecule has 74 valence electrons. The van der Waals surface area contributed by atoms with Crippen molar-refractivity contribution in [1.82, 2.24) is 9.13 Å². The lowest BCUT2D eigenvalue weighted by Crippen LogP contribution is -2.24. The summed E-state index contributed by atoms with van der Waals surface area (Å²) >= 11 is 0. The lowest BCUT2D eigenvalue weighted by Gasteiger charge is -1.99. The van der Waals surface area contributed by atoms with Gasteiger partial charge in [0.15, 0.2) is 0 Å². The Labute approximate surface area is 78.0 Å². The summed E-state index contributed by atoms with van der Waals surface area (Å²) in [5, 5.41) is 0. The molecule has 0 aliphatic carbocycles. The zero-order valence-corrected chi connectivity index (χ0v) is 8.07. The molecule has 1 aromatic rings. The SMILES string of the molecule is CCCn1ccn(CCCN)c1=O. The van der Waals surface area contributed by atoms with Crippen LogP contribution in [0.5, 0.6) is 0 Å². The van der Waals surface area contributed by atoms with E-state index < -0.39 is 0 Å². The highest BCUT2D eigenvalue weighted by atomic mass is 16.1. The minimum absolute atomic E-state index is 0.0790. The Morgan fingerprint density at radius 3 is 2.46 bits per heavy atom. The molecular formula is C9H17N3O. The van der Waals surface area contributed by atoms with Gasteiger partial charge in [-0.3, -0.25) is 9.13 Å². The van der Waals surface area contributed by atoms with E-state index >= 15 is 0 Å². The van der Waals surface area contributed by atoms with E-state index in [1.54, 1.807) is 9.13 Å². The standard InChI is InChI=1S/C9H17N3O/c1-2-5-11-7-8-12(9(11)13)6-3-4-10/h7-8H,2-6,10H2,1H3. The average Bonchev–Trinajstić information content (AvgIpc) is 2.46. The van der Waals surface area contributed by atoms with E-state index in [0.29, 0.717) is 6.54 Å². The monoisotopic (exact) mass is 183 g/mol. The van der Waals surface area contributed by atoms with Gasteiger partial charge in [-0.2, -0.15) is 0 Å². The van der Waals surface area contributed by atoms with Crippen LogP contribution in [0.2, 0.25) is 0 Å². The summed E-state index contributed by atoms with van der Waals surface area (Å²) in [5.41, 5.74) is 5.45. The van der Waals surface area contributed by atoms with Gasteiger partial charge in [-0.25, -0.2) is 4.79 Å². The molecule has 0 aromatic carbocycles. The molecule has 1 aromatic heterocycles. The molecule has 1 rings (SSSR count). The van der Waals surface area contributed by atoms with Crippen LogP contribution in [0.4, 0.5) is 0 Å². The molecular weight excluding hydrogens is 166 g/mol. The Hall–Kier alpha value is -1.03. The van der Waals surface area contributed by atoms with Crippen LogP contribution >= 0.6 is 0 Å². The number of rotatable bonds is 5. The number of hydrogen-bond acceptors (Lipinski definition) is 2. The van der Waals surface area contributed by atoms with Crippen molar-refractivity contribution in [2.45, 2.75) is 32.9 Å². The van der Waals surface area contributed by atoms with Gasteiger partial charge in [0.2, 0.25) is 0 Å². The molecule has 4 heteroatoms. The number of imidazole rings is 1. The number of hydrogen-bond donors (Lipinski definition) is 1. The average molecular weight is 183 g/mol. The van der Waals surface area contributed by atoms with Gasteiger partial charge in [0.05, 0.1) is 0 Å². The molecule has 4 nitrogen and oxygen atoms in total. The third-order valence-corrected chi connectivity index (χ3v) is 1.99. The Kier molecular flexibility index (Phi) is 3.76. The Balaban J connectivity index is 2.69. The molecule has 0 aliphatic rings. The first-order valence-electron chi connectivity index (χ1n) is 4.75. The summed E-state index contributed by atoms with van der Waals surface area (Å²) in [6.07, 6.45) is 5.51. The van der Waals surface area contributed by atoms with Gasteiger partial charge in [0, 0.05) is 25.5 Å². The van der Waals surface area contributed by atoms with E-state index in [0.717, 1.165) is 25.9 Å². The Bertz CT molecular complexity index is 300. The maximum absolute atomic E-state index is 11.5. The maximum atomic E-state index is 11.5. The van der Waals surface area contributed by atoms with E-state index in [-0.39, 0.29) is 5.69 Å². The molecule has 2 N–H and O–H groups in total. The van der Waals surface area contributed by atoms with Gasteiger partial charge < -0.3 is 5.73 Å². The first-order chi connectivity index (χ1) is 6.29. The summed E-state index contributed by atoms with van der Waals surface area (Å²) in [7, 11) is 0. The Morgan fingerprint density at radius 2 is 1.92 bits per heavy atom. The first-order valence-corrected chi connectivity index (χ1v) is 4.75. The largest absolute Gasteiger partial charge is 0.330 e. The van der Waals surface area contributed by atoms with Crippen LogP contribution in [-0.2, 0) is 13.1 Å². The lowest BCUT2D eigenvalue weighted by atomic mass is 10.4. The van der Waals surface area contributed by atoms with E-state index in [1.165, 1.54) is 0 Å². The smallest absolute Gasteiger partial charge is 0.328 e. The molecule has 1 heterocycles. The van der Waals surface area contributed by atoms with Crippen LogP contribution in [-0.4, -0.2) is 15.7 Å². The quantitative estimate of drug-likeness (QED) is 0.718. The summed E-state index contributed by atoms with van der Waals surface area (Å²) in [6.45, 7) is 4.22. The lowest BCUT2D eigenvalue weighted by molar-refractivity contribution is 0.585. The molecule has 0 spiro atoms. The molecule has 0 saturated heterocycles. The number of aryl methyl sites for hydroxylation is 2. The summed E-state index contributed by atoms with van der Waals surface area (Å²) in [5.74, 6) is 0. The second-order valence-electron chi connectivity index (χ2n) is 3.11. The highest BCUT2D eigenvalue weighted by Crippen LogP contribution is 1.89. The number of nitrogens with zero attached hydrogens (tertiary/aromatic N) is 2. The van der Waals surface area contributed by atoms with Crippen LogP contribution in [0.1, 0.15) is 19.8 Å². The van der Waals surface area contributed by atoms with E-state index in [2.05, 4.69) is 6.92 Å². The molecule has 0 amide bonds. The maximum Gasteiger partial charge on any atom is 0.328 e. The topological polar surface area (TPSA) is 52.9 Å². The molecule has 0 radical (unpaired) electrons. The third kappa shape index (κ3) is 2.45. The summed E-state index contributed by atoms with van der Waals surface area (Å²) in [6, 6.07) is 0. The van der Waals surface area contributed by atoms with Crippen molar-refractivity contribution in [3.63, 3.8) is 0 Å². The predicted octanol–water partition coefficient (Wildman–Crippen LogP) is 0.409. The normalized spacial score (nSPS) is 10.6. The molecule has 0 bridgehead atoms. The minimum atomic E-state index is 0.0790. The summed E-state index contributed by atoms with van der Waals surface area (Å²) < 4.78 is 3.44. The van der Waals surface area contributed by atoms with Crippen molar-refractivity contribution in [2.75, 3.05) is 6.54 Å². The van der Waals surface area contributed by atoms with Crippen LogP contribution in [0.15, 0.2) is 17.2 Å². The van der Waals surface area contributed by atoms with Gasteiger partial charge in [-0.15, -0.1) is 0 Å². The van der Waals surface area contributed by atoms with Crippen LogP contribution in [0.25, 0.3) is 0 Å². The van der Waals surface area contributed by atoms with Gasteiger partial charge >= 0.3 is 5.69 Å². The van der Waals surface area contributed by atoms with Crippen LogP contribution in [0.3, 0.4) is 0 Å². The molecule has 0 atom stereocenters. The third-order valence-electron chi connectivity index (χ3n) is 1.99. The fourth-order valence-corrected chi connectivity index (χ4v) is 1.30. The predicted molar refractivity (Wildman–Crippen MR) is 52.7 cm³/mol. The molecule has 0 saturated carbocycles. The first kappa shape index (κ1) is 10.1. The van der Waals surface area contributed by atoms with E-state index in [4.69, 9.17) is 5.73 Å². The van der Waals surface area contributed by atoms with Gasteiger partial charge in [0.1, 0.15) is 0 Å². The summed E-state index contributed by atoms with van der Waals surface area (Å²) in [4.78, 5) is 11.5. The molecule has 0 fully saturated rings. The molecule has 0 aliphatic heterocycles. The fourth-order valence-electron chi connectivity index (χ4n) is 1.30.